The van der Waals surface area contributed by atoms with E-state index in [2.05, 4.69) is 4.90 Å². The third-order valence-corrected chi connectivity index (χ3v) is 6.59. The molecule has 0 bridgehead atoms. The molecule has 0 aliphatic carbocycles. The summed E-state index contributed by atoms with van der Waals surface area (Å²) in [7, 11) is 0. The summed E-state index contributed by atoms with van der Waals surface area (Å²) in [5.74, 6) is -0.969. The predicted octanol–water partition coefficient (Wildman–Crippen LogP) is 5.54. The van der Waals surface area contributed by atoms with Crippen molar-refractivity contribution < 1.29 is 19.4 Å². The lowest BCUT2D eigenvalue weighted by Crippen LogP contribution is -2.38. The third kappa shape index (κ3) is 5.57. The molecule has 3 rings (SSSR count). The summed E-state index contributed by atoms with van der Waals surface area (Å²) in [6.07, 6.45) is 0.00484. The van der Waals surface area contributed by atoms with E-state index in [0.29, 0.717) is 40.0 Å². The van der Waals surface area contributed by atoms with E-state index in [1.807, 2.05) is 27.7 Å². The molecule has 1 aliphatic heterocycles. The van der Waals surface area contributed by atoms with Gasteiger partial charge in [0.1, 0.15) is 11.5 Å². The van der Waals surface area contributed by atoms with Crippen molar-refractivity contribution in [1.29, 1.82) is 0 Å². The molecule has 1 heterocycles. The summed E-state index contributed by atoms with van der Waals surface area (Å²) in [4.78, 5) is 29.9. The van der Waals surface area contributed by atoms with E-state index in [1.54, 1.807) is 42.5 Å². The normalized spacial score (nSPS) is 17.8. The zero-order valence-corrected chi connectivity index (χ0v) is 21.4. The number of carbonyl (C=O) groups is 2. The number of likely N-dealkylation sites (tertiary alicyclic amines) is 1. The molecule has 1 aliphatic rings. The van der Waals surface area contributed by atoms with Crippen molar-refractivity contribution >= 4 is 40.7 Å². The minimum Gasteiger partial charge on any atom is -0.507 e. The van der Waals surface area contributed by atoms with Gasteiger partial charge < -0.3 is 19.6 Å². The summed E-state index contributed by atoms with van der Waals surface area (Å²) in [6, 6.07) is 11.0. The van der Waals surface area contributed by atoms with Gasteiger partial charge >= 0.3 is 0 Å². The highest BCUT2D eigenvalue weighted by atomic mass is 35.5. The first-order valence-corrected chi connectivity index (χ1v) is 12.2. The van der Waals surface area contributed by atoms with Crippen LogP contribution in [-0.4, -0.2) is 58.9 Å². The fraction of sp³-hybridized carbons (Fsp3) is 0.385. The van der Waals surface area contributed by atoms with Crippen molar-refractivity contribution in [2.45, 2.75) is 39.8 Å². The van der Waals surface area contributed by atoms with Gasteiger partial charge in [0.15, 0.2) is 0 Å². The second-order valence-corrected chi connectivity index (χ2v) is 9.20. The van der Waals surface area contributed by atoms with E-state index in [1.165, 1.54) is 4.90 Å². The quantitative estimate of drug-likeness (QED) is 0.275. The average molecular weight is 505 g/mol. The molecule has 1 amide bonds. The first-order chi connectivity index (χ1) is 16.2. The van der Waals surface area contributed by atoms with Gasteiger partial charge in [-0.2, -0.15) is 0 Å². The lowest BCUT2D eigenvalue weighted by atomic mass is 9.95. The molecule has 8 heteroatoms. The van der Waals surface area contributed by atoms with Gasteiger partial charge in [-0.15, -0.1) is 0 Å². The van der Waals surface area contributed by atoms with Crippen molar-refractivity contribution in [2.75, 3.05) is 26.2 Å². The maximum absolute atomic E-state index is 13.2. The van der Waals surface area contributed by atoms with Crippen LogP contribution >= 0.6 is 23.2 Å². The number of hydrogen-bond acceptors (Lipinski definition) is 5. The van der Waals surface area contributed by atoms with Crippen LogP contribution in [0, 0.1) is 0 Å². The number of benzene rings is 2. The Morgan fingerprint density at radius 1 is 1.06 bits per heavy atom. The number of carbonyl (C=O) groups excluding carboxylic acids is 2. The number of hydrogen-bond donors (Lipinski definition) is 1. The van der Waals surface area contributed by atoms with Crippen LogP contribution in [0.25, 0.3) is 5.76 Å². The van der Waals surface area contributed by atoms with Gasteiger partial charge in [0, 0.05) is 18.7 Å². The molecule has 0 spiro atoms. The number of nitrogens with zero attached hydrogens (tertiary/aromatic N) is 2. The molecule has 1 atom stereocenters. The molecule has 0 saturated carbocycles. The minimum atomic E-state index is -0.781. The zero-order valence-electron chi connectivity index (χ0n) is 19.8. The highest BCUT2D eigenvalue weighted by Crippen LogP contribution is 2.41. The molecular formula is C26H30Cl2N2O4. The summed E-state index contributed by atoms with van der Waals surface area (Å²) in [5.41, 5.74) is 1.05. The fourth-order valence-electron chi connectivity index (χ4n) is 4.05. The van der Waals surface area contributed by atoms with Crippen molar-refractivity contribution in [2.24, 2.45) is 0 Å². The topological polar surface area (TPSA) is 70.1 Å². The Morgan fingerprint density at radius 3 is 2.26 bits per heavy atom. The molecule has 34 heavy (non-hydrogen) atoms. The number of Topliss-reactive ketones (excluding diaryl/α,β-unsaturated/α-hetero) is 1. The Labute approximate surface area is 210 Å². The Bertz CT molecular complexity index is 1080. The van der Waals surface area contributed by atoms with Crippen LogP contribution in [0.3, 0.4) is 0 Å². The Morgan fingerprint density at radius 2 is 1.71 bits per heavy atom. The summed E-state index contributed by atoms with van der Waals surface area (Å²) >= 11 is 12.4. The first kappa shape index (κ1) is 26.1. The summed E-state index contributed by atoms with van der Waals surface area (Å²) in [5, 5.41) is 11.9. The maximum Gasteiger partial charge on any atom is 0.295 e. The van der Waals surface area contributed by atoms with Gasteiger partial charge in [-0.1, -0.05) is 43.1 Å². The van der Waals surface area contributed by atoms with E-state index in [0.717, 1.165) is 13.1 Å². The smallest absolute Gasteiger partial charge is 0.295 e. The number of halogens is 2. The third-order valence-electron chi connectivity index (χ3n) is 5.85. The van der Waals surface area contributed by atoms with Gasteiger partial charge in [0.05, 0.1) is 27.8 Å². The van der Waals surface area contributed by atoms with Crippen molar-refractivity contribution in [3.63, 3.8) is 0 Å². The number of aliphatic hydroxyl groups is 1. The van der Waals surface area contributed by atoms with Crippen molar-refractivity contribution in [1.82, 2.24) is 9.80 Å². The zero-order chi connectivity index (χ0) is 25.0. The minimum absolute atomic E-state index is 0.00484. The Kier molecular flexibility index (Phi) is 8.63. The molecule has 0 unspecified atom stereocenters. The first-order valence-electron chi connectivity index (χ1n) is 11.4. The molecule has 2 aromatic carbocycles. The average Bonchev–Trinajstić information content (AvgIpc) is 3.06. The van der Waals surface area contributed by atoms with Crippen LogP contribution < -0.4 is 4.74 Å². The van der Waals surface area contributed by atoms with Crippen LogP contribution in [0.2, 0.25) is 10.0 Å². The van der Waals surface area contributed by atoms with Crippen LogP contribution in [0.5, 0.6) is 5.75 Å². The van der Waals surface area contributed by atoms with Gasteiger partial charge in [-0.3, -0.25) is 9.59 Å². The summed E-state index contributed by atoms with van der Waals surface area (Å²) in [6.45, 7) is 10.5. The molecule has 1 N–H and O–H groups in total. The second kappa shape index (κ2) is 11.3. The standard InChI is InChI=1S/C26H30Cl2N2O4/c1-5-29(6-2)13-14-30-23(18-9-12-20(27)21(28)15-18)22(25(32)26(30)33)24(31)17-7-10-19(11-8-17)34-16(3)4/h7-12,15-16,23,31H,5-6,13-14H2,1-4H3/t23-/m0/s1. The lowest BCUT2D eigenvalue weighted by molar-refractivity contribution is -0.140. The van der Waals surface area contributed by atoms with Crippen molar-refractivity contribution in [3.8, 4) is 5.75 Å². The molecule has 2 aromatic rings. The van der Waals surface area contributed by atoms with Gasteiger partial charge in [-0.25, -0.2) is 0 Å². The lowest BCUT2D eigenvalue weighted by Gasteiger charge is -2.28. The fourth-order valence-corrected chi connectivity index (χ4v) is 4.35. The van der Waals surface area contributed by atoms with Crippen LogP contribution in [0.4, 0.5) is 0 Å². The molecule has 0 radical (unpaired) electrons. The van der Waals surface area contributed by atoms with Crippen molar-refractivity contribution in [3.05, 3.63) is 69.2 Å². The highest BCUT2D eigenvalue weighted by Gasteiger charge is 2.46. The summed E-state index contributed by atoms with van der Waals surface area (Å²) < 4.78 is 5.66. The maximum atomic E-state index is 13.2. The molecular weight excluding hydrogens is 475 g/mol. The molecule has 1 saturated heterocycles. The number of rotatable bonds is 9. The molecule has 1 fully saturated rings. The second-order valence-electron chi connectivity index (χ2n) is 8.38. The number of amides is 1. The SMILES string of the molecule is CCN(CC)CCN1C(=O)C(=O)C(=C(O)c2ccc(OC(C)C)cc2)[C@@H]1c1ccc(Cl)c(Cl)c1. The number of ketones is 1. The largest absolute Gasteiger partial charge is 0.507 e. The van der Waals surface area contributed by atoms with E-state index >= 15 is 0 Å². The predicted molar refractivity (Wildman–Crippen MR) is 135 cm³/mol. The van der Waals surface area contributed by atoms with Crippen LogP contribution in [0.1, 0.15) is 44.9 Å². The number of aliphatic hydroxyl groups excluding tert-OH is 1. The molecule has 182 valence electrons. The van der Waals surface area contributed by atoms with Crippen LogP contribution in [0.15, 0.2) is 48.0 Å². The number of ether oxygens (including phenoxy) is 1. The monoisotopic (exact) mass is 504 g/mol. The van der Waals surface area contributed by atoms with E-state index in [-0.39, 0.29) is 17.4 Å². The molecule has 0 aromatic heterocycles. The van der Waals surface area contributed by atoms with Crippen LogP contribution in [-0.2, 0) is 9.59 Å². The van der Waals surface area contributed by atoms with Gasteiger partial charge in [0.2, 0.25) is 0 Å². The number of likely N-dealkylation sites (N-methyl/N-ethyl adjacent to an activating group) is 1. The Balaban J connectivity index is 2.07. The van der Waals surface area contributed by atoms with E-state index < -0.39 is 17.7 Å². The van der Waals surface area contributed by atoms with E-state index in [4.69, 9.17) is 27.9 Å². The Hall–Kier alpha value is -2.54. The van der Waals surface area contributed by atoms with Gasteiger partial charge in [0.25, 0.3) is 11.7 Å². The highest BCUT2D eigenvalue weighted by molar-refractivity contribution is 6.46. The van der Waals surface area contributed by atoms with Gasteiger partial charge in [-0.05, 0) is 68.9 Å². The van der Waals surface area contributed by atoms with E-state index in [9.17, 15) is 14.7 Å². The molecule has 6 nitrogen and oxygen atoms in total.